The molecular formula is C20H23F3N2O. The van der Waals surface area contributed by atoms with Crippen LogP contribution in [0.2, 0.25) is 0 Å². The zero-order chi connectivity index (χ0) is 19.2. The van der Waals surface area contributed by atoms with Gasteiger partial charge in [-0.15, -0.1) is 0 Å². The first-order chi connectivity index (χ1) is 12.3. The molecule has 0 saturated heterocycles. The molecule has 2 aromatic carbocycles. The lowest BCUT2D eigenvalue weighted by molar-refractivity contribution is -0.137. The maximum atomic E-state index is 12.6. The number of alkyl halides is 3. The van der Waals surface area contributed by atoms with E-state index < -0.39 is 11.7 Å². The smallest absolute Gasteiger partial charge is 0.382 e. The predicted molar refractivity (Wildman–Crippen MR) is 97.1 cm³/mol. The zero-order valence-corrected chi connectivity index (χ0v) is 14.8. The summed E-state index contributed by atoms with van der Waals surface area (Å²) in [5.74, 6) is 0.119. The second kappa shape index (κ2) is 8.74. The Morgan fingerprint density at radius 1 is 1.00 bits per heavy atom. The molecule has 0 aliphatic carbocycles. The van der Waals surface area contributed by atoms with Gasteiger partial charge in [0.1, 0.15) is 0 Å². The van der Waals surface area contributed by atoms with Gasteiger partial charge in [0.05, 0.1) is 5.56 Å². The minimum atomic E-state index is -4.34. The highest BCUT2D eigenvalue weighted by Crippen LogP contribution is 2.30. The molecule has 0 spiro atoms. The highest BCUT2D eigenvalue weighted by atomic mass is 19.4. The fraction of sp³-hybridized carbons (Fsp3) is 0.350. The van der Waals surface area contributed by atoms with E-state index in [9.17, 15) is 18.0 Å². The first-order valence-corrected chi connectivity index (χ1v) is 8.54. The molecule has 0 saturated carbocycles. The van der Waals surface area contributed by atoms with Crippen LogP contribution in [0.4, 0.5) is 18.9 Å². The summed E-state index contributed by atoms with van der Waals surface area (Å²) in [6, 6.07) is 14.0. The SMILES string of the molecule is CC(C)[C@H](CCNC(=O)c1ccccc1)Nc1ccc(C(F)(F)F)cc1. The fourth-order valence-corrected chi connectivity index (χ4v) is 2.57. The standard InChI is InChI=1S/C20H23F3N2O/c1-14(2)18(12-13-24-19(26)15-6-4-3-5-7-15)25-17-10-8-16(9-11-17)20(21,22)23/h3-11,14,18,25H,12-13H2,1-2H3,(H,24,26)/t18-/m0/s1. The Bertz CT molecular complexity index is 697. The van der Waals surface area contributed by atoms with Gasteiger partial charge in [-0.25, -0.2) is 0 Å². The summed E-state index contributed by atoms with van der Waals surface area (Å²) < 4.78 is 37.9. The zero-order valence-electron chi connectivity index (χ0n) is 14.8. The van der Waals surface area contributed by atoms with Crippen molar-refractivity contribution in [2.45, 2.75) is 32.5 Å². The molecule has 140 valence electrons. The Morgan fingerprint density at radius 2 is 1.62 bits per heavy atom. The molecule has 1 atom stereocenters. The molecule has 0 unspecified atom stereocenters. The first kappa shape index (κ1) is 19.8. The van der Waals surface area contributed by atoms with Crippen molar-refractivity contribution < 1.29 is 18.0 Å². The van der Waals surface area contributed by atoms with Crippen molar-refractivity contribution in [2.75, 3.05) is 11.9 Å². The molecule has 3 nitrogen and oxygen atoms in total. The second-order valence-corrected chi connectivity index (χ2v) is 6.48. The molecule has 6 heteroatoms. The molecule has 0 aromatic heterocycles. The third-order valence-corrected chi connectivity index (χ3v) is 4.15. The van der Waals surface area contributed by atoms with Crippen molar-refractivity contribution in [1.82, 2.24) is 5.32 Å². The van der Waals surface area contributed by atoms with E-state index in [2.05, 4.69) is 10.6 Å². The maximum Gasteiger partial charge on any atom is 0.416 e. The number of anilines is 1. The Kier molecular flexibility index (Phi) is 6.66. The van der Waals surface area contributed by atoms with Crippen LogP contribution in [-0.4, -0.2) is 18.5 Å². The van der Waals surface area contributed by atoms with Crippen LogP contribution in [-0.2, 0) is 6.18 Å². The Labute approximate surface area is 151 Å². The number of halogens is 3. The summed E-state index contributed by atoms with van der Waals surface area (Å²) in [6.07, 6.45) is -3.67. The molecule has 0 radical (unpaired) electrons. The lowest BCUT2D eigenvalue weighted by atomic mass is 10.00. The van der Waals surface area contributed by atoms with Crippen molar-refractivity contribution in [3.8, 4) is 0 Å². The monoisotopic (exact) mass is 364 g/mol. The molecular weight excluding hydrogens is 341 g/mol. The minimum absolute atomic E-state index is 0.0304. The summed E-state index contributed by atoms with van der Waals surface area (Å²) in [4.78, 5) is 12.0. The number of rotatable bonds is 7. The summed E-state index contributed by atoms with van der Waals surface area (Å²) in [7, 11) is 0. The Morgan fingerprint density at radius 3 is 2.15 bits per heavy atom. The van der Waals surface area contributed by atoms with Gasteiger partial charge in [0.2, 0.25) is 0 Å². The largest absolute Gasteiger partial charge is 0.416 e. The van der Waals surface area contributed by atoms with Crippen LogP contribution >= 0.6 is 0 Å². The summed E-state index contributed by atoms with van der Waals surface area (Å²) >= 11 is 0. The van der Waals surface area contributed by atoms with Crippen molar-refractivity contribution >= 4 is 11.6 Å². The number of hydrogen-bond acceptors (Lipinski definition) is 2. The van der Waals surface area contributed by atoms with E-state index in [0.717, 1.165) is 12.1 Å². The molecule has 0 bridgehead atoms. The summed E-state index contributed by atoms with van der Waals surface area (Å²) in [5, 5.41) is 6.12. The van der Waals surface area contributed by atoms with Crippen LogP contribution < -0.4 is 10.6 Å². The van der Waals surface area contributed by atoms with Gasteiger partial charge in [-0.05, 0) is 48.7 Å². The molecule has 1 amide bonds. The second-order valence-electron chi connectivity index (χ2n) is 6.48. The van der Waals surface area contributed by atoms with E-state index in [1.54, 1.807) is 24.3 Å². The molecule has 2 aromatic rings. The third-order valence-electron chi connectivity index (χ3n) is 4.15. The summed E-state index contributed by atoms with van der Waals surface area (Å²) in [5.41, 5.74) is 0.564. The molecule has 0 heterocycles. The van der Waals surface area contributed by atoms with Gasteiger partial charge in [0, 0.05) is 23.8 Å². The number of carbonyl (C=O) groups is 1. The topological polar surface area (TPSA) is 41.1 Å². The van der Waals surface area contributed by atoms with Crippen molar-refractivity contribution in [1.29, 1.82) is 0 Å². The number of hydrogen-bond donors (Lipinski definition) is 2. The Hall–Kier alpha value is -2.50. The van der Waals surface area contributed by atoms with Crippen LogP contribution in [0.1, 0.15) is 36.2 Å². The van der Waals surface area contributed by atoms with Crippen LogP contribution in [0.3, 0.4) is 0 Å². The van der Waals surface area contributed by atoms with Gasteiger partial charge in [-0.1, -0.05) is 32.0 Å². The average Bonchev–Trinajstić information content (AvgIpc) is 2.61. The van der Waals surface area contributed by atoms with Gasteiger partial charge in [-0.2, -0.15) is 13.2 Å². The fourth-order valence-electron chi connectivity index (χ4n) is 2.57. The average molecular weight is 364 g/mol. The normalized spacial score (nSPS) is 12.7. The highest BCUT2D eigenvalue weighted by molar-refractivity contribution is 5.94. The molecule has 2 rings (SSSR count). The molecule has 2 N–H and O–H groups in total. The van der Waals surface area contributed by atoms with Crippen LogP contribution in [0.15, 0.2) is 54.6 Å². The van der Waals surface area contributed by atoms with E-state index in [-0.39, 0.29) is 17.9 Å². The van der Waals surface area contributed by atoms with Gasteiger partial charge in [0.15, 0.2) is 0 Å². The van der Waals surface area contributed by atoms with E-state index in [1.165, 1.54) is 12.1 Å². The number of benzene rings is 2. The lowest BCUT2D eigenvalue weighted by Crippen LogP contribution is -2.32. The lowest BCUT2D eigenvalue weighted by Gasteiger charge is -2.24. The van der Waals surface area contributed by atoms with Gasteiger partial charge >= 0.3 is 6.18 Å². The third kappa shape index (κ3) is 5.79. The van der Waals surface area contributed by atoms with Gasteiger partial charge < -0.3 is 10.6 Å². The van der Waals surface area contributed by atoms with Crippen LogP contribution in [0.5, 0.6) is 0 Å². The minimum Gasteiger partial charge on any atom is -0.382 e. The van der Waals surface area contributed by atoms with E-state index in [1.807, 2.05) is 19.9 Å². The summed E-state index contributed by atoms with van der Waals surface area (Å²) in [6.45, 7) is 4.53. The van der Waals surface area contributed by atoms with Crippen molar-refractivity contribution in [2.24, 2.45) is 5.92 Å². The Balaban J connectivity index is 1.89. The van der Waals surface area contributed by atoms with Crippen molar-refractivity contribution in [3.63, 3.8) is 0 Å². The first-order valence-electron chi connectivity index (χ1n) is 8.54. The van der Waals surface area contributed by atoms with Crippen LogP contribution in [0.25, 0.3) is 0 Å². The maximum absolute atomic E-state index is 12.6. The molecule has 26 heavy (non-hydrogen) atoms. The molecule has 0 fully saturated rings. The molecule has 0 aliphatic rings. The van der Waals surface area contributed by atoms with Crippen LogP contribution in [0, 0.1) is 5.92 Å². The van der Waals surface area contributed by atoms with Gasteiger partial charge in [-0.3, -0.25) is 4.79 Å². The molecule has 0 aliphatic heterocycles. The van der Waals surface area contributed by atoms with E-state index in [0.29, 0.717) is 24.2 Å². The predicted octanol–water partition coefficient (Wildman–Crippen LogP) is 4.96. The van der Waals surface area contributed by atoms with Crippen molar-refractivity contribution in [3.05, 3.63) is 65.7 Å². The van der Waals surface area contributed by atoms with E-state index >= 15 is 0 Å². The number of carbonyl (C=O) groups excluding carboxylic acids is 1. The van der Waals surface area contributed by atoms with E-state index in [4.69, 9.17) is 0 Å². The number of nitrogens with one attached hydrogen (secondary N) is 2. The quantitative estimate of drug-likeness (QED) is 0.729. The number of amides is 1. The highest BCUT2D eigenvalue weighted by Gasteiger charge is 2.30. The van der Waals surface area contributed by atoms with Gasteiger partial charge in [0.25, 0.3) is 5.91 Å².